The van der Waals surface area contributed by atoms with Crippen LogP contribution in [0.15, 0.2) is 12.2 Å². The predicted molar refractivity (Wildman–Crippen MR) is 131 cm³/mol. The van der Waals surface area contributed by atoms with Crippen molar-refractivity contribution in [3.63, 3.8) is 0 Å². The summed E-state index contributed by atoms with van der Waals surface area (Å²) in [5, 5.41) is 10.9. The van der Waals surface area contributed by atoms with E-state index in [1.807, 2.05) is 0 Å². The van der Waals surface area contributed by atoms with Gasteiger partial charge in [-0.1, -0.05) is 53.7 Å². The van der Waals surface area contributed by atoms with Crippen molar-refractivity contribution in [2.75, 3.05) is 0 Å². The van der Waals surface area contributed by atoms with Crippen molar-refractivity contribution in [1.29, 1.82) is 0 Å². The lowest BCUT2D eigenvalue weighted by molar-refractivity contribution is -0.246. The zero-order valence-electron chi connectivity index (χ0n) is 21.7. The van der Waals surface area contributed by atoms with E-state index in [1.165, 1.54) is 63.4 Å². The van der Waals surface area contributed by atoms with Crippen LogP contribution in [-0.2, 0) is 0 Å². The summed E-state index contributed by atoms with van der Waals surface area (Å²) < 4.78 is 0. The van der Waals surface area contributed by atoms with Crippen LogP contribution >= 0.6 is 0 Å². The van der Waals surface area contributed by atoms with Crippen LogP contribution in [0.5, 0.6) is 0 Å². The topological polar surface area (TPSA) is 20.2 Å². The highest BCUT2D eigenvalue weighted by Crippen LogP contribution is 2.77. The fourth-order valence-corrected chi connectivity index (χ4v) is 11.5. The molecule has 0 heterocycles. The van der Waals surface area contributed by atoms with Gasteiger partial charge in [0, 0.05) is 0 Å². The van der Waals surface area contributed by atoms with Gasteiger partial charge in [0.05, 0.1) is 6.10 Å². The first kappa shape index (κ1) is 22.5. The highest BCUT2D eigenvalue weighted by Gasteiger charge is 2.70. The fourth-order valence-electron chi connectivity index (χ4n) is 11.5. The second-order valence-electron chi connectivity index (χ2n) is 14.7. The van der Waals surface area contributed by atoms with Gasteiger partial charge in [-0.2, -0.15) is 0 Å². The van der Waals surface area contributed by atoms with Gasteiger partial charge < -0.3 is 5.11 Å². The molecule has 0 amide bonds. The lowest BCUT2D eigenvalue weighted by Gasteiger charge is -2.73. The number of hydrogen-bond acceptors (Lipinski definition) is 1. The predicted octanol–water partition coefficient (Wildman–Crippen LogP) is 8.02. The lowest BCUT2D eigenvalue weighted by Crippen LogP contribution is -2.66. The first-order valence-corrected chi connectivity index (χ1v) is 13.6. The molecule has 1 heteroatoms. The maximum atomic E-state index is 10.9. The standard InChI is InChI=1S/C30H50O/c1-19(2)20-11-14-27(5)17-18-29(7)21(25(20)27)9-10-23-28(6)15-13-24(31)26(3,4)22(28)12-16-30(23,29)8/h20-25,31H,1,9-18H2,2-8H3/t20?,21?,22?,23-,24+,25?,27-,28+,29-,30-/m1/s1. The number of fused-ring (bicyclic) bond motifs is 7. The van der Waals surface area contributed by atoms with Crippen LogP contribution < -0.4 is 0 Å². The molecule has 5 aliphatic rings. The Morgan fingerprint density at radius 3 is 2.13 bits per heavy atom. The third-order valence-electron chi connectivity index (χ3n) is 13.5. The minimum absolute atomic E-state index is 0.0632. The van der Waals surface area contributed by atoms with Gasteiger partial charge in [0.15, 0.2) is 0 Å². The summed E-state index contributed by atoms with van der Waals surface area (Å²) in [6, 6.07) is 0. The van der Waals surface area contributed by atoms with Gasteiger partial charge >= 0.3 is 0 Å². The SMILES string of the molecule is C=C(C)C1CC[C@]2(C)CC[C@]3(C)C(CC[C@@H]4[C@@]5(C)CC[C@H](O)C(C)(C)C5CC[C@]43C)C12. The van der Waals surface area contributed by atoms with E-state index >= 15 is 0 Å². The molecule has 1 N–H and O–H groups in total. The van der Waals surface area contributed by atoms with Crippen LogP contribution in [0.1, 0.15) is 113 Å². The van der Waals surface area contributed by atoms with E-state index in [1.54, 1.807) is 0 Å². The van der Waals surface area contributed by atoms with Crippen LogP contribution in [0.25, 0.3) is 0 Å². The summed E-state index contributed by atoms with van der Waals surface area (Å²) in [6.45, 7) is 22.3. The maximum absolute atomic E-state index is 10.9. The zero-order valence-corrected chi connectivity index (χ0v) is 21.7. The molecular formula is C30H50O. The average molecular weight is 427 g/mol. The van der Waals surface area contributed by atoms with Gasteiger partial charge in [-0.3, -0.25) is 0 Å². The third kappa shape index (κ3) is 2.65. The van der Waals surface area contributed by atoms with Crippen molar-refractivity contribution < 1.29 is 5.11 Å². The number of hydrogen-bond donors (Lipinski definition) is 1. The Labute approximate surface area is 192 Å². The van der Waals surface area contributed by atoms with E-state index in [-0.39, 0.29) is 11.5 Å². The third-order valence-corrected chi connectivity index (χ3v) is 13.5. The number of allylic oxidation sites excluding steroid dienone is 1. The molecule has 10 atom stereocenters. The first-order valence-electron chi connectivity index (χ1n) is 13.6. The molecule has 5 rings (SSSR count). The van der Waals surface area contributed by atoms with E-state index in [2.05, 4.69) is 55.0 Å². The van der Waals surface area contributed by atoms with Crippen LogP contribution in [0, 0.1) is 56.7 Å². The molecule has 1 nitrogen and oxygen atoms in total. The van der Waals surface area contributed by atoms with Crippen molar-refractivity contribution in [3.05, 3.63) is 12.2 Å². The van der Waals surface area contributed by atoms with Gasteiger partial charge in [-0.05, 0) is 128 Å². The summed E-state index contributed by atoms with van der Waals surface area (Å²) in [6.07, 6.45) is 13.4. The molecule has 0 aliphatic heterocycles. The Hall–Kier alpha value is -0.300. The van der Waals surface area contributed by atoms with Crippen molar-refractivity contribution in [3.8, 4) is 0 Å². The molecule has 31 heavy (non-hydrogen) atoms. The minimum atomic E-state index is -0.118. The summed E-state index contributed by atoms with van der Waals surface area (Å²) in [5.41, 5.74) is 3.38. The van der Waals surface area contributed by atoms with Crippen molar-refractivity contribution >= 4 is 0 Å². The largest absolute Gasteiger partial charge is 0.393 e. The fraction of sp³-hybridized carbons (Fsp3) is 0.933. The summed E-state index contributed by atoms with van der Waals surface area (Å²) in [5.74, 6) is 3.98. The Bertz CT molecular complexity index is 766. The van der Waals surface area contributed by atoms with Gasteiger partial charge in [-0.15, -0.1) is 0 Å². The molecule has 0 saturated heterocycles. The van der Waals surface area contributed by atoms with Gasteiger partial charge in [0.2, 0.25) is 0 Å². The van der Waals surface area contributed by atoms with Crippen LogP contribution in [0.4, 0.5) is 0 Å². The van der Waals surface area contributed by atoms with E-state index < -0.39 is 0 Å². The second kappa shape index (κ2) is 6.64. The quantitative estimate of drug-likeness (QED) is 0.421. The summed E-state index contributed by atoms with van der Waals surface area (Å²) >= 11 is 0. The smallest absolute Gasteiger partial charge is 0.0594 e. The Balaban J connectivity index is 1.54. The van der Waals surface area contributed by atoms with Crippen molar-refractivity contribution in [2.45, 2.75) is 119 Å². The average Bonchev–Trinajstić information content (AvgIpc) is 3.04. The number of aliphatic hydroxyl groups excluding tert-OH is 1. The molecule has 0 aromatic rings. The monoisotopic (exact) mass is 426 g/mol. The number of rotatable bonds is 1. The molecule has 176 valence electrons. The molecule has 0 spiro atoms. The maximum Gasteiger partial charge on any atom is 0.0594 e. The Kier molecular flexibility index (Phi) is 4.82. The molecule has 0 bridgehead atoms. The van der Waals surface area contributed by atoms with Crippen LogP contribution in [-0.4, -0.2) is 11.2 Å². The molecule has 0 radical (unpaired) electrons. The normalized spacial score (nSPS) is 57.9. The molecular weight excluding hydrogens is 376 g/mol. The van der Waals surface area contributed by atoms with E-state index in [0.29, 0.717) is 27.6 Å². The van der Waals surface area contributed by atoms with Crippen LogP contribution in [0.3, 0.4) is 0 Å². The summed E-state index contributed by atoms with van der Waals surface area (Å²) in [7, 11) is 0. The van der Waals surface area contributed by atoms with Gasteiger partial charge in [0.1, 0.15) is 0 Å². The molecule has 4 unspecified atom stereocenters. The van der Waals surface area contributed by atoms with Crippen molar-refractivity contribution in [1.82, 2.24) is 0 Å². The van der Waals surface area contributed by atoms with Crippen molar-refractivity contribution in [2.24, 2.45) is 56.7 Å². The second-order valence-corrected chi connectivity index (χ2v) is 14.7. The van der Waals surface area contributed by atoms with Crippen LogP contribution in [0.2, 0.25) is 0 Å². The van der Waals surface area contributed by atoms with E-state index in [0.717, 1.165) is 30.1 Å². The molecule has 0 aromatic carbocycles. The molecule has 0 aromatic heterocycles. The highest BCUT2D eigenvalue weighted by molar-refractivity contribution is 5.21. The minimum Gasteiger partial charge on any atom is -0.393 e. The Morgan fingerprint density at radius 2 is 1.45 bits per heavy atom. The van der Waals surface area contributed by atoms with E-state index in [9.17, 15) is 5.11 Å². The lowest BCUT2D eigenvalue weighted by atomic mass is 9.32. The summed E-state index contributed by atoms with van der Waals surface area (Å²) in [4.78, 5) is 0. The highest BCUT2D eigenvalue weighted by atomic mass is 16.3. The number of aliphatic hydroxyl groups is 1. The van der Waals surface area contributed by atoms with E-state index in [4.69, 9.17) is 0 Å². The molecule has 5 fully saturated rings. The first-order chi connectivity index (χ1) is 14.3. The van der Waals surface area contributed by atoms with Gasteiger partial charge in [0.25, 0.3) is 0 Å². The van der Waals surface area contributed by atoms with Gasteiger partial charge in [-0.25, -0.2) is 0 Å². The zero-order chi connectivity index (χ0) is 22.6. The molecule has 5 aliphatic carbocycles. The molecule has 5 saturated carbocycles. The Morgan fingerprint density at radius 1 is 0.742 bits per heavy atom.